The SMILES string of the molecule is CN(C)CCNc1nc2sc(C(=O)N/N=C/c3cccn3C)c(N)c2cc1-c1ccccc1. The number of rotatable bonds is 8. The van der Waals surface area contributed by atoms with Crippen LogP contribution >= 0.6 is 11.3 Å². The third-order valence-electron chi connectivity index (χ3n) is 5.21. The van der Waals surface area contributed by atoms with Crippen LogP contribution in [-0.2, 0) is 7.05 Å². The van der Waals surface area contributed by atoms with Crippen molar-refractivity contribution in [1.29, 1.82) is 0 Å². The minimum atomic E-state index is -0.357. The predicted octanol–water partition coefficient (Wildman–Crippen LogP) is 3.62. The van der Waals surface area contributed by atoms with Crippen LogP contribution in [-0.4, -0.2) is 53.8 Å². The van der Waals surface area contributed by atoms with Crippen molar-refractivity contribution in [3.8, 4) is 11.1 Å². The molecule has 4 N–H and O–H groups in total. The van der Waals surface area contributed by atoms with E-state index in [1.807, 2.05) is 80.4 Å². The minimum Gasteiger partial charge on any atom is -0.397 e. The highest BCUT2D eigenvalue weighted by atomic mass is 32.1. The number of hydrogen-bond acceptors (Lipinski definition) is 7. The molecule has 0 atom stereocenters. The van der Waals surface area contributed by atoms with Crippen LogP contribution in [0.2, 0.25) is 0 Å². The quantitative estimate of drug-likeness (QED) is 0.275. The number of carbonyl (C=O) groups is 1. The summed E-state index contributed by atoms with van der Waals surface area (Å²) in [6.07, 6.45) is 3.51. The molecule has 0 bridgehead atoms. The molecule has 0 saturated heterocycles. The third-order valence-corrected chi connectivity index (χ3v) is 6.32. The van der Waals surface area contributed by atoms with E-state index in [2.05, 4.69) is 20.7 Å². The van der Waals surface area contributed by atoms with E-state index in [1.165, 1.54) is 11.3 Å². The summed E-state index contributed by atoms with van der Waals surface area (Å²) in [4.78, 5) is 20.8. The van der Waals surface area contributed by atoms with Gasteiger partial charge in [0, 0.05) is 37.3 Å². The number of carbonyl (C=O) groups excluding carboxylic acids is 1. The first-order valence-corrected chi connectivity index (χ1v) is 11.4. The number of thiophene rings is 1. The van der Waals surface area contributed by atoms with Crippen LogP contribution in [0.5, 0.6) is 0 Å². The van der Waals surface area contributed by atoms with Crippen molar-refractivity contribution in [3.05, 3.63) is 65.3 Å². The summed E-state index contributed by atoms with van der Waals surface area (Å²) in [5.41, 5.74) is 12.2. The molecule has 0 radical (unpaired) electrons. The van der Waals surface area contributed by atoms with Crippen molar-refractivity contribution >= 4 is 45.2 Å². The molecule has 8 nitrogen and oxygen atoms in total. The van der Waals surface area contributed by atoms with Crippen LogP contribution in [0.3, 0.4) is 0 Å². The topological polar surface area (TPSA) is 101 Å². The predicted molar refractivity (Wildman–Crippen MR) is 137 cm³/mol. The highest BCUT2D eigenvalue weighted by molar-refractivity contribution is 7.21. The number of aromatic nitrogens is 2. The minimum absolute atomic E-state index is 0.357. The van der Waals surface area contributed by atoms with Crippen molar-refractivity contribution in [1.82, 2.24) is 19.9 Å². The molecule has 0 aliphatic carbocycles. The number of benzene rings is 1. The Morgan fingerprint density at radius 1 is 1.24 bits per heavy atom. The number of aryl methyl sites for hydroxylation is 1. The van der Waals surface area contributed by atoms with Crippen LogP contribution in [0, 0.1) is 0 Å². The zero-order chi connectivity index (χ0) is 23.4. The van der Waals surface area contributed by atoms with Gasteiger partial charge in [0.1, 0.15) is 15.5 Å². The van der Waals surface area contributed by atoms with Crippen molar-refractivity contribution < 1.29 is 4.79 Å². The molecule has 0 spiro atoms. The number of anilines is 2. The maximum atomic E-state index is 12.8. The lowest BCUT2D eigenvalue weighted by molar-refractivity contribution is 0.0960. The molecule has 0 aliphatic rings. The Labute approximate surface area is 196 Å². The Bertz CT molecular complexity index is 1290. The number of fused-ring (bicyclic) bond motifs is 1. The highest BCUT2D eigenvalue weighted by Crippen LogP contribution is 2.38. The number of hydrogen-bond donors (Lipinski definition) is 3. The summed E-state index contributed by atoms with van der Waals surface area (Å²) in [6, 6.07) is 15.9. The van der Waals surface area contributed by atoms with E-state index in [4.69, 9.17) is 10.7 Å². The molecule has 0 unspecified atom stereocenters. The number of amides is 1. The van der Waals surface area contributed by atoms with Gasteiger partial charge in [0.25, 0.3) is 5.91 Å². The summed E-state index contributed by atoms with van der Waals surface area (Å²) in [5.74, 6) is 0.412. The lowest BCUT2D eigenvalue weighted by Crippen LogP contribution is -2.21. The molecule has 1 aromatic carbocycles. The van der Waals surface area contributed by atoms with Gasteiger partial charge in [-0.3, -0.25) is 4.79 Å². The fourth-order valence-corrected chi connectivity index (χ4v) is 4.36. The molecule has 4 rings (SSSR count). The number of hydrazone groups is 1. The lowest BCUT2D eigenvalue weighted by Gasteiger charge is -2.14. The Hall–Kier alpha value is -3.69. The molecule has 3 aromatic heterocycles. The van der Waals surface area contributed by atoms with E-state index in [-0.39, 0.29) is 5.91 Å². The zero-order valence-electron chi connectivity index (χ0n) is 18.9. The fourth-order valence-electron chi connectivity index (χ4n) is 3.40. The lowest BCUT2D eigenvalue weighted by atomic mass is 10.0. The van der Waals surface area contributed by atoms with Gasteiger partial charge in [-0.2, -0.15) is 5.10 Å². The fraction of sp³-hybridized carbons (Fsp3) is 0.208. The van der Waals surface area contributed by atoms with Gasteiger partial charge in [-0.25, -0.2) is 10.4 Å². The van der Waals surface area contributed by atoms with E-state index < -0.39 is 0 Å². The average molecular weight is 462 g/mol. The van der Waals surface area contributed by atoms with E-state index in [1.54, 1.807) is 6.21 Å². The number of nitrogens with one attached hydrogen (secondary N) is 2. The molecule has 0 aliphatic heterocycles. The molecule has 1 amide bonds. The van der Waals surface area contributed by atoms with Crippen LogP contribution in [0.4, 0.5) is 11.5 Å². The first-order valence-electron chi connectivity index (χ1n) is 10.6. The molecule has 33 heavy (non-hydrogen) atoms. The summed E-state index contributed by atoms with van der Waals surface area (Å²) >= 11 is 1.26. The molecule has 3 heterocycles. The van der Waals surface area contributed by atoms with Crippen molar-refractivity contribution in [2.45, 2.75) is 0 Å². The second kappa shape index (κ2) is 9.85. The van der Waals surface area contributed by atoms with Gasteiger partial charge < -0.3 is 20.5 Å². The van der Waals surface area contributed by atoms with Gasteiger partial charge in [-0.15, -0.1) is 11.3 Å². The van der Waals surface area contributed by atoms with Crippen LogP contribution in [0.15, 0.2) is 59.8 Å². The molecule has 170 valence electrons. The monoisotopic (exact) mass is 461 g/mol. The van der Waals surface area contributed by atoms with E-state index in [0.29, 0.717) is 15.4 Å². The molecular weight excluding hydrogens is 434 g/mol. The van der Waals surface area contributed by atoms with Crippen molar-refractivity contribution in [3.63, 3.8) is 0 Å². The maximum Gasteiger partial charge on any atom is 0.283 e. The van der Waals surface area contributed by atoms with Crippen molar-refractivity contribution in [2.75, 3.05) is 38.2 Å². The average Bonchev–Trinajstić information content (AvgIpc) is 3.36. The van der Waals surface area contributed by atoms with E-state index >= 15 is 0 Å². The standard InChI is InChI=1S/C24H27N7OS/c1-30(2)13-11-26-22-18(16-8-5-4-6-9-16)14-19-20(25)21(33-24(19)28-22)23(32)29-27-15-17-10-7-12-31(17)3/h4-10,12,14-15H,11,13,25H2,1-3H3,(H,26,28)(H,29,32)/b27-15+. The van der Waals surface area contributed by atoms with E-state index in [9.17, 15) is 4.79 Å². The number of nitrogen functional groups attached to an aromatic ring is 1. The first-order chi connectivity index (χ1) is 15.9. The van der Waals surface area contributed by atoms with E-state index in [0.717, 1.165) is 41.1 Å². The molecular formula is C24H27N7OS. The number of nitrogens with two attached hydrogens (primary N) is 1. The zero-order valence-corrected chi connectivity index (χ0v) is 19.7. The van der Waals surface area contributed by atoms with Gasteiger partial charge in [0.2, 0.25) is 0 Å². The Kier molecular flexibility index (Phi) is 6.71. The van der Waals surface area contributed by atoms with Crippen LogP contribution < -0.4 is 16.5 Å². The summed E-state index contributed by atoms with van der Waals surface area (Å²) in [5, 5.41) is 8.26. The number of likely N-dealkylation sites (N-methyl/N-ethyl adjacent to an activating group) is 1. The normalized spacial score (nSPS) is 11.5. The summed E-state index contributed by atoms with van der Waals surface area (Å²) < 4.78 is 1.91. The number of pyridine rings is 1. The molecule has 4 aromatic rings. The van der Waals surface area contributed by atoms with Gasteiger partial charge >= 0.3 is 0 Å². The van der Waals surface area contributed by atoms with Gasteiger partial charge in [-0.05, 0) is 37.9 Å². The smallest absolute Gasteiger partial charge is 0.283 e. The second-order valence-electron chi connectivity index (χ2n) is 7.92. The second-order valence-corrected chi connectivity index (χ2v) is 8.92. The van der Waals surface area contributed by atoms with Crippen LogP contribution in [0.25, 0.3) is 21.3 Å². The summed E-state index contributed by atoms with van der Waals surface area (Å²) in [6.45, 7) is 1.61. The molecule has 9 heteroatoms. The van der Waals surface area contributed by atoms with Gasteiger partial charge in [-0.1, -0.05) is 30.3 Å². The highest BCUT2D eigenvalue weighted by Gasteiger charge is 2.20. The molecule has 0 saturated carbocycles. The Balaban J connectivity index is 1.66. The Morgan fingerprint density at radius 3 is 2.73 bits per heavy atom. The van der Waals surface area contributed by atoms with Crippen molar-refractivity contribution in [2.24, 2.45) is 12.1 Å². The van der Waals surface area contributed by atoms with Gasteiger partial charge in [0.05, 0.1) is 17.6 Å². The van der Waals surface area contributed by atoms with Crippen LogP contribution in [0.1, 0.15) is 15.4 Å². The number of nitrogens with zero attached hydrogens (tertiary/aromatic N) is 4. The molecule has 0 fully saturated rings. The Morgan fingerprint density at radius 2 is 2.03 bits per heavy atom. The summed E-state index contributed by atoms with van der Waals surface area (Å²) in [7, 11) is 5.97. The maximum absolute atomic E-state index is 12.8. The third kappa shape index (κ3) is 5.05. The van der Waals surface area contributed by atoms with Gasteiger partial charge in [0.15, 0.2) is 0 Å². The largest absolute Gasteiger partial charge is 0.397 e. The first kappa shape index (κ1) is 22.5.